The van der Waals surface area contributed by atoms with Crippen molar-refractivity contribution in [3.8, 4) is 0 Å². The monoisotopic (exact) mass is 274 g/mol. The summed E-state index contributed by atoms with van der Waals surface area (Å²) in [5, 5.41) is 11.2. The minimum atomic E-state index is -0.465. The average molecular weight is 275 g/mol. The molecule has 0 bridgehead atoms. The van der Waals surface area contributed by atoms with Gasteiger partial charge in [-0.05, 0) is 37.0 Å². The number of halogens is 2. The van der Waals surface area contributed by atoms with Crippen molar-refractivity contribution in [3.63, 3.8) is 0 Å². The Hall–Kier alpha value is -0.280. The van der Waals surface area contributed by atoms with Gasteiger partial charge in [0.15, 0.2) is 0 Å². The lowest BCUT2D eigenvalue weighted by atomic mass is 9.98. The predicted molar refractivity (Wildman–Crippen MR) is 69.8 cm³/mol. The molecule has 94 valence electrons. The highest BCUT2D eigenvalue weighted by Crippen LogP contribution is 2.24. The van der Waals surface area contributed by atoms with Gasteiger partial charge >= 0.3 is 0 Å². The van der Waals surface area contributed by atoms with Crippen molar-refractivity contribution in [3.05, 3.63) is 33.8 Å². The number of aliphatic hydroxyl groups excluding tert-OH is 1. The van der Waals surface area contributed by atoms with Crippen LogP contribution >= 0.6 is 23.2 Å². The molecule has 1 fully saturated rings. The lowest BCUT2D eigenvalue weighted by Gasteiger charge is -2.27. The van der Waals surface area contributed by atoms with Crippen LogP contribution < -0.4 is 0 Å². The fraction of sp³-hybridized carbons (Fsp3) is 0.538. The minimum Gasteiger partial charge on any atom is -0.390 e. The zero-order chi connectivity index (χ0) is 12.3. The van der Waals surface area contributed by atoms with Crippen molar-refractivity contribution < 1.29 is 9.84 Å². The summed E-state index contributed by atoms with van der Waals surface area (Å²) in [7, 11) is 0. The van der Waals surface area contributed by atoms with Crippen molar-refractivity contribution in [2.24, 2.45) is 0 Å². The smallest absolute Gasteiger partial charge is 0.0842 e. The first-order valence-corrected chi connectivity index (χ1v) is 6.66. The van der Waals surface area contributed by atoms with Crippen LogP contribution in [0.25, 0.3) is 0 Å². The Labute approximate surface area is 111 Å². The highest BCUT2D eigenvalue weighted by atomic mass is 35.5. The van der Waals surface area contributed by atoms with E-state index in [9.17, 15) is 5.11 Å². The second-order valence-corrected chi connectivity index (χ2v) is 5.24. The van der Waals surface area contributed by atoms with Gasteiger partial charge in [-0.15, -0.1) is 0 Å². The molecule has 0 aliphatic carbocycles. The molecule has 2 atom stereocenters. The largest absolute Gasteiger partial charge is 0.390 e. The third-order valence-electron chi connectivity index (χ3n) is 3.07. The van der Waals surface area contributed by atoms with Gasteiger partial charge in [-0.3, -0.25) is 0 Å². The predicted octanol–water partition coefficient (Wildman–Crippen LogP) is 3.47. The third kappa shape index (κ3) is 3.59. The summed E-state index contributed by atoms with van der Waals surface area (Å²) in [5.41, 5.74) is 0.987. The fourth-order valence-corrected chi connectivity index (χ4v) is 2.43. The topological polar surface area (TPSA) is 29.5 Å². The molecule has 0 saturated carbocycles. The van der Waals surface area contributed by atoms with Crippen molar-refractivity contribution in [2.45, 2.75) is 37.9 Å². The Morgan fingerprint density at radius 3 is 2.76 bits per heavy atom. The summed E-state index contributed by atoms with van der Waals surface area (Å²) < 4.78 is 5.56. The zero-order valence-corrected chi connectivity index (χ0v) is 11.0. The molecule has 0 amide bonds. The summed E-state index contributed by atoms with van der Waals surface area (Å²) in [6.07, 6.45) is 3.20. The van der Waals surface area contributed by atoms with E-state index in [2.05, 4.69) is 0 Å². The second-order valence-electron chi connectivity index (χ2n) is 4.42. The maximum absolute atomic E-state index is 10.1. The van der Waals surface area contributed by atoms with Crippen LogP contribution in [0.3, 0.4) is 0 Å². The van der Waals surface area contributed by atoms with Gasteiger partial charge in [-0.2, -0.15) is 0 Å². The van der Waals surface area contributed by atoms with Gasteiger partial charge in [-0.25, -0.2) is 0 Å². The number of aliphatic hydroxyl groups is 1. The molecule has 1 aromatic rings. The van der Waals surface area contributed by atoms with E-state index in [0.29, 0.717) is 16.5 Å². The Balaban J connectivity index is 1.96. The van der Waals surface area contributed by atoms with Crippen LogP contribution in [-0.2, 0) is 11.2 Å². The lowest BCUT2D eigenvalue weighted by Crippen LogP contribution is -2.33. The van der Waals surface area contributed by atoms with Crippen molar-refractivity contribution >= 4 is 23.2 Å². The molecule has 1 saturated heterocycles. The minimum absolute atomic E-state index is 0.0433. The van der Waals surface area contributed by atoms with E-state index >= 15 is 0 Å². The van der Waals surface area contributed by atoms with Crippen LogP contribution in [0.1, 0.15) is 24.8 Å². The van der Waals surface area contributed by atoms with Gasteiger partial charge < -0.3 is 9.84 Å². The van der Waals surface area contributed by atoms with Crippen molar-refractivity contribution in [1.29, 1.82) is 0 Å². The molecule has 17 heavy (non-hydrogen) atoms. The van der Waals surface area contributed by atoms with Gasteiger partial charge in [0.1, 0.15) is 0 Å². The Kier molecular flexibility index (Phi) is 4.69. The first-order chi connectivity index (χ1) is 8.16. The van der Waals surface area contributed by atoms with Crippen LogP contribution in [0.4, 0.5) is 0 Å². The van der Waals surface area contributed by atoms with Crippen molar-refractivity contribution in [2.75, 3.05) is 6.61 Å². The van der Waals surface area contributed by atoms with Crippen LogP contribution in [-0.4, -0.2) is 23.9 Å². The van der Waals surface area contributed by atoms with Crippen LogP contribution in [0.2, 0.25) is 10.0 Å². The maximum atomic E-state index is 10.1. The average Bonchev–Trinajstić information content (AvgIpc) is 2.35. The fourth-order valence-electron chi connectivity index (χ4n) is 2.11. The van der Waals surface area contributed by atoms with Crippen LogP contribution in [0, 0.1) is 0 Å². The Morgan fingerprint density at radius 1 is 1.29 bits per heavy atom. The molecule has 0 spiro atoms. The molecule has 2 unspecified atom stereocenters. The Morgan fingerprint density at radius 2 is 2.12 bits per heavy atom. The summed E-state index contributed by atoms with van der Waals surface area (Å²) in [6.45, 7) is 0.753. The van der Waals surface area contributed by atoms with Gasteiger partial charge in [0.25, 0.3) is 0 Å². The normalized spacial score (nSPS) is 22.4. The Bertz CT molecular complexity index is 376. The molecule has 1 aliphatic rings. The molecule has 4 heteroatoms. The second kappa shape index (κ2) is 6.05. The van der Waals surface area contributed by atoms with E-state index < -0.39 is 6.10 Å². The maximum Gasteiger partial charge on any atom is 0.0842 e. The van der Waals surface area contributed by atoms with E-state index in [1.807, 2.05) is 6.07 Å². The molecule has 0 aromatic heterocycles. The van der Waals surface area contributed by atoms with Crippen molar-refractivity contribution in [1.82, 2.24) is 0 Å². The lowest BCUT2D eigenvalue weighted by molar-refractivity contribution is -0.0611. The van der Waals surface area contributed by atoms with Gasteiger partial charge in [0, 0.05) is 13.0 Å². The van der Waals surface area contributed by atoms with Crippen LogP contribution in [0.5, 0.6) is 0 Å². The summed E-state index contributed by atoms with van der Waals surface area (Å²) in [6, 6.07) is 5.45. The molecular formula is C13H16Cl2O2. The van der Waals surface area contributed by atoms with Gasteiger partial charge in [0.05, 0.1) is 22.3 Å². The molecule has 0 radical (unpaired) electrons. The van der Waals surface area contributed by atoms with Gasteiger partial charge in [-0.1, -0.05) is 29.3 Å². The summed E-state index contributed by atoms with van der Waals surface area (Å²) in [4.78, 5) is 0. The molecule has 1 aliphatic heterocycles. The van der Waals surface area contributed by atoms with E-state index in [1.165, 1.54) is 0 Å². The number of hydrogen-bond donors (Lipinski definition) is 1. The summed E-state index contributed by atoms with van der Waals surface area (Å²) >= 11 is 11.8. The van der Waals surface area contributed by atoms with Gasteiger partial charge in [0.2, 0.25) is 0 Å². The van der Waals surface area contributed by atoms with E-state index in [0.717, 1.165) is 31.4 Å². The highest BCUT2D eigenvalue weighted by molar-refractivity contribution is 6.42. The quantitative estimate of drug-likeness (QED) is 0.915. The number of hydrogen-bond acceptors (Lipinski definition) is 2. The molecule has 1 aromatic carbocycles. The van der Waals surface area contributed by atoms with Crippen LogP contribution in [0.15, 0.2) is 18.2 Å². The summed E-state index contributed by atoms with van der Waals surface area (Å²) in [5.74, 6) is 0. The zero-order valence-electron chi connectivity index (χ0n) is 9.53. The first kappa shape index (κ1) is 13.2. The third-order valence-corrected chi connectivity index (χ3v) is 3.81. The number of ether oxygens (including phenoxy) is 1. The molecular weight excluding hydrogens is 259 g/mol. The number of rotatable bonds is 3. The SMILES string of the molecule is OC(Cc1ccc(Cl)c(Cl)c1)C1CCCCO1. The molecule has 1 heterocycles. The molecule has 2 nitrogen and oxygen atoms in total. The highest BCUT2D eigenvalue weighted by Gasteiger charge is 2.22. The van der Waals surface area contributed by atoms with E-state index in [-0.39, 0.29) is 6.10 Å². The van der Waals surface area contributed by atoms with E-state index in [1.54, 1.807) is 12.1 Å². The van der Waals surface area contributed by atoms with E-state index in [4.69, 9.17) is 27.9 Å². The molecule has 1 N–H and O–H groups in total. The molecule has 2 rings (SSSR count). The standard InChI is InChI=1S/C13H16Cl2O2/c14-10-5-4-9(7-11(10)15)8-12(16)13-3-1-2-6-17-13/h4-5,7,12-13,16H,1-3,6,8H2. The first-order valence-electron chi connectivity index (χ1n) is 5.90. The number of benzene rings is 1.